The summed E-state index contributed by atoms with van der Waals surface area (Å²) in [5.74, 6) is 0. The van der Waals surface area contributed by atoms with Crippen LogP contribution >= 0.6 is 15.9 Å². The Bertz CT molecular complexity index is 419. The quantitative estimate of drug-likeness (QED) is 0.781. The molecule has 8 heteroatoms. The first-order chi connectivity index (χ1) is 7.90. The summed E-state index contributed by atoms with van der Waals surface area (Å²) in [6.45, 7) is -1.06. The van der Waals surface area contributed by atoms with Gasteiger partial charge in [0.2, 0.25) is 0 Å². The summed E-state index contributed by atoms with van der Waals surface area (Å²) in [5.41, 5.74) is -0.268. The van der Waals surface area contributed by atoms with Crippen LogP contribution in [0, 0.1) is 0 Å². The zero-order chi connectivity index (χ0) is 12.9. The van der Waals surface area contributed by atoms with Gasteiger partial charge in [0.05, 0.1) is 6.33 Å². The van der Waals surface area contributed by atoms with Crippen LogP contribution in [0.3, 0.4) is 0 Å². The highest BCUT2D eigenvalue weighted by Crippen LogP contribution is 2.14. The molecular weight excluding hydrogens is 305 g/mol. The number of hydrogen-bond donors (Lipinski definition) is 0. The molecule has 0 saturated carbocycles. The van der Waals surface area contributed by atoms with Gasteiger partial charge in [-0.15, -0.1) is 0 Å². The molecule has 1 aromatic rings. The molecule has 0 aliphatic rings. The van der Waals surface area contributed by atoms with Gasteiger partial charge in [0.25, 0.3) is 5.56 Å². The Morgan fingerprint density at radius 2 is 2.18 bits per heavy atom. The van der Waals surface area contributed by atoms with Gasteiger partial charge in [-0.3, -0.25) is 9.36 Å². The van der Waals surface area contributed by atoms with Gasteiger partial charge in [-0.05, 0) is 22.4 Å². The minimum absolute atomic E-state index is 0.0571. The second kappa shape index (κ2) is 6.15. The number of ether oxygens (including phenoxy) is 1. The second-order valence-electron chi connectivity index (χ2n) is 3.26. The number of aromatic nitrogens is 2. The van der Waals surface area contributed by atoms with Crippen molar-refractivity contribution in [1.82, 2.24) is 9.55 Å². The van der Waals surface area contributed by atoms with Crippen molar-refractivity contribution in [2.24, 2.45) is 0 Å². The van der Waals surface area contributed by atoms with Crippen LogP contribution in [0.4, 0.5) is 13.2 Å². The molecule has 0 spiro atoms. The van der Waals surface area contributed by atoms with Crippen LogP contribution in [0.2, 0.25) is 0 Å². The average molecular weight is 315 g/mol. The van der Waals surface area contributed by atoms with Crippen molar-refractivity contribution in [2.45, 2.75) is 19.1 Å². The fourth-order valence-corrected chi connectivity index (χ4v) is 1.45. The molecule has 0 atom stereocenters. The fourth-order valence-electron chi connectivity index (χ4n) is 1.11. The molecule has 0 N–H and O–H groups in total. The summed E-state index contributed by atoms with van der Waals surface area (Å²) in [7, 11) is 0. The van der Waals surface area contributed by atoms with Crippen LogP contribution in [0.1, 0.15) is 6.42 Å². The zero-order valence-electron chi connectivity index (χ0n) is 8.71. The highest BCUT2D eigenvalue weighted by Gasteiger charge is 2.27. The van der Waals surface area contributed by atoms with Crippen molar-refractivity contribution >= 4 is 15.9 Å². The van der Waals surface area contributed by atoms with E-state index in [1.54, 1.807) is 0 Å². The van der Waals surface area contributed by atoms with Gasteiger partial charge in [-0.1, -0.05) is 0 Å². The predicted octanol–water partition coefficient (Wildman–Crippen LogP) is 1.97. The van der Waals surface area contributed by atoms with Crippen LogP contribution in [-0.4, -0.2) is 28.9 Å². The Hall–Kier alpha value is -0.890. The molecule has 0 unspecified atom stereocenters. The number of alkyl halides is 3. The molecule has 0 bridgehead atoms. The lowest BCUT2D eigenvalue weighted by Gasteiger charge is -2.08. The van der Waals surface area contributed by atoms with Gasteiger partial charge >= 0.3 is 6.18 Å². The molecule has 0 aromatic carbocycles. The van der Waals surface area contributed by atoms with Gasteiger partial charge in [0.1, 0.15) is 11.1 Å². The molecule has 4 nitrogen and oxygen atoms in total. The first-order valence-corrected chi connectivity index (χ1v) is 5.54. The lowest BCUT2D eigenvalue weighted by Crippen LogP contribution is -2.22. The molecule has 0 fully saturated rings. The highest BCUT2D eigenvalue weighted by atomic mass is 79.9. The molecular formula is C9H10BrF3N2O2. The van der Waals surface area contributed by atoms with E-state index in [-0.39, 0.29) is 18.7 Å². The number of aryl methyl sites for hydroxylation is 1. The molecule has 96 valence electrons. The molecule has 1 heterocycles. The molecule has 0 radical (unpaired) electrons. The van der Waals surface area contributed by atoms with E-state index >= 15 is 0 Å². The molecule has 1 aromatic heterocycles. The molecule has 0 saturated heterocycles. The Morgan fingerprint density at radius 1 is 1.47 bits per heavy atom. The highest BCUT2D eigenvalue weighted by molar-refractivity contribution is 9.10. The lowest BCUT2D eigenvalue weighted by atomic mass is 10.4. The maximum Gasteiger partial charge on any atom is 0.411 e. The third kappa shape index (κ3) is 5.31. The van der Waals surface area contributed by atoms with E-state index in [1.165, 1.54) is 17.1 Å². The van der Waals surface area contributed by atoms with Crippen molar-refractivity contribution in [3.05, 3.63) is 27.4 Å². The monoisotopic (exact) mass is 314 g/mol. The van der Waals surface area contributed by atoms with E-state index in [0.29, 0.717) is 10.9 Å². The van der Waals surface area contributed by atoms with Gasteiger partial charge in [0, 0.05) is 19.3 Å². The van der Waals surface area contributed by atoms with Crippen LogP contribution in [0.5, 0.6) is 0 Å². The Kier molecular flexibility index (Phi) is 5.13. The molecule has 1 rings (SSSR count). The minimum atomic E-state index is -4.31. The van der Waals surface area contributed by atoms with E-state index in [0.717, 1.165) is 0 Å². The summed E-state index contributed by atoms with van der Waals surface area (Å²) in [4.78, 5) is 15.2. The average Bonchev–Trinajstić information content (AvgIpc) is 2.22. The number of hydrogen-bond acceptors (Lipinski definition) is 3. The van der Waals surface area contributed by atoms with Crippen molar-refractivity contribution in [1.29, 1.82) is 0 Å². The molecule has 0 aliphatic heterocycles. The van der Waals surface area contributed by atoms with Crippen molar-refractivity contribution in [3.8, 4) is 0 Å². The van der Waals surface area contributed by atoms with E-state index in [9.17, 15) is 18.0 Å². The molecule has 0 amide bonds. The number of rotatable bonds is 5. The SMILES string of the molecule is O=c1c(Br)cncn1CCCOCC(F)(F)F. The van der Waals surface area contributed by atoms with Gasteiger partial charge in [-0.2, -0.15) is 13.2 Å². The third-order valence-electron chi connectivity index (χ3n) is 1.81. The smallest absolute Gasteiger partial charge is 0.372 e. The van der Waals surface area contributed by atoms with Crippen molar-refractivity contribution in [3.63, 3.8) is 0 Å². The summed E-state index contributed by atoms with van der Waals surface area (Å²) in [5, 5.41) is 0. The van der Waals surface area contributed by atoms with Crippen LogP contribution in [0.15, 0.2) is 21.8 Å². The normalized spacial score (nSPS) is 11.8. The molecule has 17 heavy (non-hydrogen) atoms. The van der Waals surface area contributed by atoms with Gasteiger partial charge < -0.3 is 4.74 Å². The first-order valence-electron chi connectivity index (χ1n) is 4.74. The van der Waals surface area contributed by atoms with Crippen LogP contribution < -0.4 is 5.56 Å². The summed E-state index contributed by atoms with van der Waals surface area (Å²) in [6.07, 6.45) is -1.31. The Labute approximate surface area is 104 Å². The van der Waals surface area contributed by atoms with E-state index in [4.69, 9.17) is 0 Å². The van der Waals surface area contributed by atoms with Gasteiger partial charge in [-0.25, -0.2) is 4.98 Å². The number of halogens is 4. The van der Waals surface area contributed by atoms with Crippen molar-refractivity contribution in [2.75, 3.05) is 13.2 Å². The van der Waals surface area contributed by atoms with Crippen molar-refractivity contribution < 1.29 is 17.9 Å². The topological polar surface area (TPSA) is 44.1 Å². The summed E-state index contributed by atoms with van der Waals surface area (Å²) >= 11 is 3.02. The second-order valence-corrected chi connectivity index (χ2v) is 4.12. The van der Waals surface area contributed by atoms with Crippen LogP contribution in [-0.2, 0) is 11.3 Å². The van der Waals surface area contributed by atoms with Crippen LogP contribution in [0.25, 0.3) is 0 Å². The minimum Gasteiger partial charge on any atom is -0.372 e. The van der Waals surface area contributed by atoms with E-state index in [2.05, 4.69) is 25.7 Å². The Morgan fingerprint density at radius 3 is 2.82 bits per heavy atom. The summed E-state index contributed by atoms with van der Waals surface area (Å²) < 4.78 is 41.2. The predicted molar refractivity (Wildman–Crippen MR) is 57.7 cm³/mol. The van der Waals surface area contributed by atoms with E-state index in [1.807, 2.05) is 0 Å². The summed E-state index contributed by atoms with van der Waals surface area (Å²) in [6, 6.07) is 0. The zero-order valence-corrected chi connectivity index (χ0v) is 10.3. The standard InChI is InChI=1S/C9H10BrF3N2O2/c10-7-4-14-6-15(8(7)16)2-1-3-17-5-9(11,12)13/h4,6H,1-3,5H2. The maximum atomic E-state index is 11.7. The lowest BCUT2D eigenvalue weighted by molar-refractivity contribution is -0.174. The maximum absolute atomic E-state index is 11.7. The Balaban J connectivity index is 2.32. The fraction of sp³-hybridized carbons (Fsp3) is 0.556. The largest absolute Gasteiger partial charge is 0.411 e. The molecule has 0 aliphatic carbocycles. The third-order valence-corrected chi connectivity index (χ3v) is 2.36. The van der Waals surface area contributed by atoms with E-state index < -0.39 is 12.8 Å². The number of nitrogens with zero attached hydrogens (tertiary/aromatic N) is 2. The first kappa shape index (κ1) is 14.2. The van der Waals surface area contributed by atoms with Gasteiger partial charge in [0.15, 0.2) is 0 Å².